The second-order valence-electron chi connectivity index (χ2n) is 3.56. The third kappa shape index (κ3) is 2.23. The molecule has 0 saturated heterocycles. The normalized spacial score (nSPS) is 9.87. The first-order valence-corrected chi connectivity index (χ1v) is 4.78. The Morgan fingerprint density at radius 2 is 2.07 bits per heavy atom. The van der Waals surface area contributed by atoms with Gasteiger partial charge in [-0.1, -0.05) is 12.1 Å². The van der Waals surface area contributed by atoms with Crippen LogP contribution in [0.15, 0.2) is 43.0 Å². The Bertz CT molecular complexity index is 488. The lowest BCUT2D eigenvalue weighted by Crippen LogP contribution is -2.23. The number of aromatic nitrogens is 2. The van der Waals surface area contributed by atoms with E-state index in [4.69, 9.17) is 5.26 Å². The molecule has 2 aromatic rings. The Hall–Kier alpha value is -2.08. The first kappa shape index (κ1) is 9.47. The largest absolute Gasteiger partial charge is 0.243 e. The minimum atomic E-state index is 0.705. The molecular weight excluding hydrogens is 186 g/mol. The molecule has 0 bridgehead atoms. The van der Waals surface area contributed by atoms with Gasteiger partial charge in [0.15, 0.2) is 0 Å². The summed E-state index contributed by atoms with van der Waals surface area (Å²) < 4.78 is 4.10. The molecule has 1 heterocycles. The predicted molar refractivity (Wildman–Crippen MR) is 55.9 cm³/mol. The number of hydrogen-bond donors (Lipinski definition) is 0. The number of benzene rings is 1. The molecule has 0 N–H and O–H groups in total. The van der Waals surface area contributed by atoms with Crippen LogP contribution < -0.4 is 4.57 Å². The molecule has 0 spiro atoms. The van der Waals surface area contributed by atoms with E-state index in [0.717, 1.165) is 6.54 Å². The average molecular weight is 198 g/mol. The van der Waals surface area contributed by atoms with Gasteiger partial charge in [0.25, 0.3) is 0 Å². The van der Waals surface area contributed by atoms with Crippen LogP contribution >= 0.6 is 0 Å². The molecule has 0 atom stereocenters. The maximum Gasteiger partial charge on any atom is 0.243 e. The molecule has 1 aromatic carbocycles. The molecule has 0 radical (unpaired) electrons. The van der Waals surface area contributed by atoms with E-state index in [2.05, 4.69) is 10.6 Å². The zero-order valence-electron chi connectivity index (χ0n) is 8.59. The van der Waals surface area contributed by atoms with Crippen molar-refractivity contribution in [3.05, 3.63) is 54.1 Å². The van der Waals surface area contributed by atoms with Gasteiger partial charge in [0.05, 0.1) is 18.7 Å². The third-order valence-corrected chi connectivity index (χ3v) is 2.27. The molecule has 0 aliphatic rings. The first-order chi connectivity index (χ1) is 7.28. The lowest BCUT2D eigenvalue weighted by Gasteiger charge is -1.97. The number of imidazole rings is 1. The third-order valence-electron chi connectivity index (χ3n) is 2.27. The van der Waals surface area contributed by atoms with E-state index in [9.17, 15) is 0 Å². The minimum absolute atomic E-state index is 0.705. The highest BCUT2D eigenvalue weighted by Crippen LogP contribution is 2.04. The average Bonchev–Trinajstić information content (AvgIpc) is 2.65. The van der Waals surface area contributed by atoms with Gasteiger partial charge in [0.2, 0.25) is 6.33 Å². The second kappa shape index (κ2) is 3.97. The highest BCUT2D eigenvalue weighted by atomic mass is 15.1. The first-order valence-electron chi connectivity index (χ1n) is 4.78. The summed E-state index contributed by atoms with van der Waals surface area (Å²) in [6, 6.07) is 9.77. The van der Waals surface area contributed by atoms with Gasteiger partial charge >= 0.3 is 0 Å². The van der Waals surface area contributed by atoms with Gasteiger partial charge in [-0.3, -0.25) is 0 Å². The lowest BCUT2D eigenvalue weighted by atomic mass is 10.1. The van der Waals surface area contributed by atoms with Crippen LogP contribution in [0.3, 0.4) is 0 Å². The van der Waals surface area contributed by atoms with Crippen LogP contribution in [0.5, 0.6) is 0 Å². The molecule has 2 rings (SSSR count). The quantitative estimate of drug-likeness (QED) is 0.668. The van der Waals surface area contributed by atoms with Crippen LogP contribution in [-0.4, -0.2) is 4.57 Å². The maximum absolute atomic E-state index is 8.66. The molecule has 0 aliphatic heterocycles. The van der Waals surface area contributed by atoms with Crippen molar-refractivity contribution in [3.8, 4) is 6.07 Å². The molecule has 3 nitrogen and oxygen atoms in total. The fourth-order valence-electron chi connectivity index (χ4n) is 1.49. The van der Waals surface area contributed by atoms with Gasteiger partial charge in [-0.25, -0.2) is 9.13 Å². The molecule has 15 heavy (non-hydrogen) atoms. The van der Waals surface area contributed by atoms with Crippen molar-refractivity contribution in [2.24, 2.45) is 7.05 Å². The Balaban J connectivity index is 2.15. The number of nitriles is 1. The summed E-state index contributed by atoms with van der Waals surface area (Å²) in [7, 11) is 2.00. The van der Waals surface area contributed by atoms with Gasteiger partial charge in [0, 0.05) is 0 Å². The topological polar surface area (TPSA) is 32.6 Å². The van der Waals surface area contributed by atoms with Crippen LogP contribution in [0.4, 0.5) is 0 Å². The molecule has 0 saturated carbocycles. The van der Waals surface area contributed by atoms with Crippen LogP contribution in [0.25, 0.3) is 0 Å². The summed E-state index contributed by atoms with van der Waals surface area (Å²) >= 11 is 0. The summed E-state index contributed by atoms with van der Waals surface area (Å²) in [5, 5.41) is 8.66. The Morgan fingerprint density at radius 1 is 1.33 bits per heavy atom. The summed E-state index contributed by atoms with van der Waals surface area (Å²) in [5.41, 5.74) is 1.90. The zero-order chi connectivity index (χ0) is 10.7. The van der Waals surface area contributed by atoms with Gasteiger partial charge in [-0.15, -0.1) is 0 Å². The molecule has 0 fully saturated rings. The number of hydrogen-bond acceptors (Lipinski definition) is 1. The molecule has 0 unspecified atom stereocenters. The Labute approximate surface area is 88.8 Å². The standard InChI is InChI=1S/C12H12N3/c1-14-6-7-15(10-14)9-12-4-2-11(8-13)3-5-12/h2-7,10H,9H2,1H3/q+1. The Kier molecular flexibility index (Phi) is 2.51. The van der Waals surface area contributed by atoms with E-state index in [0.29, 0.717) is 5.56 Å². The fraction of sp³-hybridized carbons (Fsp3) is 0.167. The SMILES string of the molecule is C[n+]1ccn(Cc2ccc(C#N)cc2)c1. The number of rotatable bonds is 2. The van der Waals surface area contributed by atoms with Crippen molar-refractivity contribution >= 4 is 0 Å². The van der Waals surface area contributed by atoms with Crippen molar-refractivity contribution in [1.82, 2.24) is 4.57 Å². The molecule has 0 amide bonds. The van der Waals surface area contributed by atoms with E-state index in [1.54, 1.807) is 0 Å². The van der Waals surface area contributed by atoms with Crippen LogP contribution in [0, 0.1) is 11.3 Å². The van der Waals surface area contributed by atoms with Gasteiger partial charge in [-0.2, -0.15) is 5.26 Å². The maximum atomic E-state index is 8.66. The fourth-order valence-corrected chi connectivity index (χ4v) is 1.49. The smallest absolute Gasteiger partial charge is 0.240 e. The monoisotopic (exact) mass is 198 g/mol. The van der Waals surface area contributed by atoms with E-state index in [-0.39, 0.29) is 0 Å². The second-order valence-corrected chi connectivity index (χ2v) is 3.56. The molecule has 1 aromatic heterocycles. The molecule has 3 heteroatoms. The van der Waals surface area contributed by atoms with Crippen molar-refractivity contribution in [1.29, 1.82) is 5.26 Å². The van der Waals surface area contributed by atoms with Crippen molar-refractivity contribution < 1.29 is 4.57 Å². The van der Waals surface area contributed by atoms with Gasteiger partial charge < -0.3 is 0 Å². The predicted octanol–water partition coefficient (Wildman–Crippen LogP) is 1.23. The summed E-state index contributed by atoms with van der Waals surface area (Å²) in [6.45, 7) is 0.840. The van der Waals surface area contributed by atoms with Crippen molar-refractivity contribution in [2.75, 3.05) is 0 Å². The van der Waals surface area contributed by atoms with Crippen LogP contribution in [0.1, 0.15) is 11.1 Å². The highest BCUT2D eigenvalue weighted by Gasteiger charge is 2.01. The Morgan fingerprint density at radius 3 is 2.60 bits per heavy atom. The van der Waals surface area contributed by atoms with Gasteiger partial charge in [0.1, 0.15) is 18.9 Å². The van der Waals surface area contributed by atoms with E-state index in [1.165, 1.54) is 5.56 Å². The van der Waals surface area contributed by atoms with Crippen molar-refractivity contribution in [3.63, 3.8) is 0 Å². The van der Waals surface area contributed by atoms with Crippen LogP contribution in [-0.2, 0) is 13.6 Å². The highest BCUT2D eigenvalue weighted by molar-refractivity contribution is 5.31. The van der Waals surface area contributed by atoms with Crippen LogP contribution in [0.2, 0.25) is 0 Å². The van der Waals surface area contributed by atoms with Gasteiger partial charge in [-0.05, 0) is 17.7 Å². The molecule has 74 valence electrons. The summed E-state index contributed by atoms with van der Waals surface area (Å²) in [6.07, 6.45) is 6.06. The molecule has 0 aliphatic carbocycles. The summed E-state index contributed by atoms with van der Waals surface area (Å²) in [5.74, 6) is 0. The summed E-state index contributed by atoms with van der Waals surface area (Å²) in [4.78, 5) is 0. The van der Waals surface area contributed by atoms with E-state index >= 15 is 0 Å². The zero-order valence-corrected chi connectivity index (χ0v) is 8.59. The lowest BCUT2D eigenvalue weighted by molar-refractivity contribution is -0.671. The van der Waals surface area contributed by atoms with E-state index in [1.807, 2.05) is 54.6 Å². The van der Waals surface area contributed by atoms with E-state index < -0.39 is 0 Å². The number of nitrogens with zero attached hydrogens (tertiary/aromatic N) is 3. The van der Waals surface area contributed by atoms with Crippen molar-refractivity contribution in [2.45, 2.75) is 6.54 Å². The molecular formula is C12H12N3+. The minimum Gasteiger partial charge on any atom is -0.240 e. The number of aryl methyl sites for hydroxylation is 1.